The van der Waals surface area contributed by atoms with E-state index in [4.69, 9.17) is 14.2 Å². The molecule has 4 nitrogen and oxygen atoms in total. The third-order valence-corrected chi connectivity index (χ3v) is 5.48. The van der Waals surface area contributed by atoms with E-state index >= 15 is 0 Å². The van der Waals surface area contributed by atoms with Crippen LogP contribution in [0.5, 0.6) is 17.2 Å². The Morgan fingerprint density at radius 1 is 0.763 bits per heavy atom. The summed E-state index contributed by atoms with van der Waals surface area (Å²) in [5, 5.41) is 0. The Bertz CT molecular complexity index is 1200. The van der Waals surface area contributed by atoms with Crippen molar-refractivity contribution < 1.29 is 19.0 Å². The van der Waals surface area contributed by atoms with Crippen LogP contribution in [0.1, 0.15) is 54.7 Å². The van der Waals surface area contributed by atoms with Crippen molar-refractivity contribution in [2.75, 3.05) is 19.8 Å². The topological polar surface area (TPSA) is 44.8 Å². The van der Waals surface area contributed by atoms with Crippen molar-refractivity contribution in [3.8, 4) is 17.2 Å². The van der Waals surface area contributed by atoms with E-state index in [2.05, 4.69) is 45.7 Å². The molecule has 0 aliphatic rings. The van der Waals surface area contributed by atoms with Gasteiger partial charge in [0.25, 0.3) is 0 Å². The average molecular weight is 513 g/mol. The largest absolute Gasteiger partial charge is 0.490 e. The predicted octanol–water partition coefficient (Wildman–Crippen LogP) is 8.29. The summed E-state index contributed by atoms with van der Waals surface area (Å²) in [7, 11) is 0. The molecular formula is C34H40O4. The van der Waals surface area contributed by atoms with Crippen LogP contribution in [0.4, 0.5) is 0 Å². The van der Waals surface area contributed by atoms with Crippen LogP contribution in [-0.2, 0) is 12.8 Å². The molecule has 38 heavy (non-hydrogen) atoms. The zero-order valence-electron chi connectivity index (χ0n) is 23.2. The van der Waals surface area contributed by atoms with Gasteiger partial charge in [-0.1, -0.05) is 79.5 Å². The van der Waals surface area contributed by atoms with E-state index in [1.807, 2.05) is 44.2 Å². The molecule has 0 aliphatic carbocycles. The molecule has 0 saturated carbocycles. The van der Waals surface area contributed by atoms with Crippen LogP contribution in [0, 0.1) is 0 Å². The van der Waals surface area contributed by atoms with E-state index in [1.165, 1.54) is 5.57 Å². The van der Waals surface area contributed by atoms with Crippen molar-refractivity contribution >= 4 is 11.9 Å². The molecule has 2 aromatic rings. The molecule has 0 fully saturated rings. The monoisotopic (exact) mass is 512 g/mol. The lowest BCUT2D eigenvalue weighted by atomic mass is 9.94. The summed E-state index contributed by atoms with van der Waals surface area (Å²) in [6.07, 6.45) is 13.9. The summed E-state index contributed by atoms with van der Waals surface area (Å²) in [5.41, 5.74) is 5.50. The highest BCUT2D eigenvalue weighted by Crippen LogP contribution is 2.38. The predicted molar refractivity (Wildman–Crippen MR) is 160 cm³/mol. The number of benzene rings is 2. The number of rotatable bonds is 16. The molecular weight excluding hydrogens is 472 g/mol. The smallest absolute Gasteiger partial charge is 0.189 e. The van der Waals surface area contributed by atoms with Gasteiger partial charge in [-0.05, 0) is 75.9 Å². The van der Waals surface area contributed by atoms with Crippen LogP contribution in [0.2, 0.25) is 0 Å². The van der Waals surface area contributed by atoms with Crippen molar-refractivity contribution in [1.82, 2.24) is 0 Å². The lowest BCUT2D eigenvalue weighted by Gasteiger charge is -2.21. The molecule has 0 atom stereocenters. The Balaban J connectivity index is 2.62. The molecule has 2 rings (SSSR count). The quantitative estimate of drug-likeness (QED) is 0.129. The summed E-state index contributed by atoms with van der Waals surface area (Å²) in [5.74, 6) is 1.85. The normalized spacial score (nSPS) is 10.4. The summed E-state index contributed by atoms with van der Waals surface area (Å²) in [4.78, 5) is 13.6. The van der Waals surface area contributed by atoms with Crippen LogP contribution in [-0.4, -0.2) is 25.6 Å². The van der Waals surface area contributed by atoms with Gasteiger partial charge in [0.05, 0.1) is 5.56 Å². The van der Waals surface area contributed by atoms with Crippen LogP contribution in [0.25, 0.3) is 6.08 Å². The molecule has 0 N–H and O–H groups in total. The first-order chi connectivity index (χ1) is 18.3. The van der Waals surface area contributed by atoms with Crippen LogP contribution >= 0.6 is 0 Å². The Labute approximate surface area is 228 Å². The molecule has 0 radical (unpaired) electrons. The summed E-state index contributed by atoms with van der Waals surface area (Å²) >= 11 is 0. The minimum Gasteiger partial charge on any atom is -0.490 e. The molecule has 0 amide bonds. The van der Waals surface area contributed by atoms with Crippen molar-refractivity contribution in [2.24, 2.45) is 0 Å². The first kappa shape index (κ1) is 30.2. The molecule has 4 heteroatoms. The minimum atomic E-state index is -0.150. The van der Waals surface area contributed by atoms with Gasteiger partial charge in [0.15, 0.2) is 5.78 Å². The van der Waals surface area contributed by atoms with E-state index in [-0.39, 0.29) is 12.4 Å². The second-order valence-corrected chi connectivity index (χ2v) is 9.26. The van der Waals surface area contributed by atoms with Crippen molar-refractivity contribution in [2.45, 2.75) is 40.5 Å². The molecule has 0 aliphatic heterocycles. The third kappa shape index (κ3) is 9.44. The highest BCUT2D eigenvalue weighted by molar-refractivity contribution is 6.09. The molecule has 0 unspecified atom stereocenters. The highest BCUT2D eigenvalue weighted by atomic mass is 16.5. The Morgan fingerprint density at radius 2 is 1.32 bits per heavy atom. The number of hydrogen-bond donors (Lipinski definition) is 0. The van der Waals surface area contributed by atoms with Crippen molar-refractivity contribution in [3.05, 3.63) is 120 Å². The molecule has 0 spiro atoms. The van der Waals surface area contributed by atoms with Gasteiger partial charge >= 0.3 is 0 Å². The standard InChI is InChI=1S/C34H40O4/c1-8-21-36-29-17-13-27(14-18-29)15-20-32(35)31-24-28(16-11-25(4)5)33(37-22-9-2)30(19-12-26(6)7)34(31)38-23-10-3/h8-15,17-18,20,24H,1-3,16,19,21-23H2,4-7H3/b20-15+. The van der Waals surface area contributed by atoms with Gasteiger partial charge in [-0.15, -0.1) is 0 Å². The fraction of sp³-hybridized carbons (Fsp3) is 0.265. The second-order valence-electron chi connectivity index (χ2n) is 9.26. The fourth-order valence-electron chi connectivity index (χ4n) is 3.63. The maximum Gasteiger partial charge on any atom is 0.189 e. The number of ether oxygens (including phenoxy) is 3. The zero-order chi connectivity index (χ0) is 27.9. The molecule has 0 bridgehead atoms. The van der Waals surface area contributed by atoms with Gasteiger partial charge in [-0.3, -0.25) is 4.79 Å². The molecule has 2 aromatic carbocycles. The van der Waals surface area contributed by atoms with Crippen LogP contribution < -0.4 is 14.2 Å². The van der Waals surface area contributed by atoms with Gasteiger partial charge in [-0.2, -0.15) is 0 Å². The highest BCUT2D eigenvalue weighted by Gasteiger charge is 2.22. The van der Waals surface area contributed by atoms with Gasteiger partial charge in [0.2, 0.25) is 0 Å². The van der Waals surface area contributed by atoms with Gasteiger partial charge in [-0.25, -0.2) is 0 Å². The van der Waals surface area contributed by atoms with Gasteiger partial charge < -0.3 is 14.2 Å². The van der Waals surface area contributed by atoms with E-state index in [1.54, 1.807) is 30.4 Å². The van der Waals surface area contributed by atoms with Crippen LogP contribution in [0.3, 0.4) is 0 Å². The van der Waals surface area contributed by atoms with E-state index in [0.717, 1.165) is 33.8 Å². The maximum atomic E-state index is 13.6. The first-order valence-corrected chi connectivity index (χ1v) is 12.8. The van der Waals surface area contributed by atoms with Crippen LogP contribution in [0.15, 0.2) is 97.7 Å². The first-order valence-electron chi connectivity index (χ1n) is 12.8. The second kappa shape index (κ2) is 15.9. The molecule has 200 valence electrons. The van der Waals surface area contributed by atoms with E-state index < -0.39 is 0 Å². The minimum absolute atomic E-state index is 0.150. The van der Waals surface area contributed by atoms with Gasteiger partial charge in [0, 0.05) is 5.56 Å². The molecule has 0 heterocycles. The third-order valence-electron chi connectivity index (χ3n) is 5.48. The van der Waals surface area contributed by atoms with Crippen molar-refractivity contribution in [1.29, 1.82) is 0 Å². The fourth-order valence-corrected chi connectivity index (χ4v) is 3.63. The van der Waals surface area contributed by atoms with Gasteiger partial charge in [0.1, 0.15) is 37.1 Å². The summed E-state index contributed by atoms with van der Waals surface area (Å²) < 4.78 is 17.8. The number of ketones is 1. The number of allylic oxidation sites excluding steroid dienone is 5. The number of hydrogen-bond acceptors (Lipinski definition) is 4. The Kier molecular flexibility index (Phi) is 12.7. The molecule has 0 aromatic heterocycles. The van der Waals surface area contributed by atoms with E-state index in [0.29, 0.717) is 37.4 Å². The number of carbonyl (C=O) groups excluding carboxylic acids is 1. The maximum absolute atomic E-state index is 13.6. The summed E-state index contributed by atoms with van der Waals surface area (Å²) in [6.45, 7) is 20.5. The lowest BCUT2D eigenvalue weighted by molar-refractivity contribution is 0.104. The van der Waals surface area contributed by atoms with E-state index in [9.17, 15) is 4.79 Å². The lowest BCUT2D eigenvalue weighted by Crippen LogP contribution is -2.10. The SMILES string of the molecule is C=CCOc1ccc(/C=C/C(=O)c2cc(CC=C(C)C)c(OCC=C)c(CC=C(C)C)c2OCC=C)cc1. The Hall–Kier alpha value is -4.05. The Morgan fingerprint density at radius 3 is 1.89 bits per heavy atom. The average Bonchev–Trinajstić information content (AvgIpc) is 2.90. The zero-order valence-corrected chi connectivity index (χ0v) is 23.2. The van der Waals surface area contributed by atoms with Crippen molar-refractivity contribution in [3.63, 3.8) is 0 Å². The summed E-state index contributed by atoms with van der Waals surface area (Å²) in [6, 6.07) is 9.44. The molecule has 0 saturated heterocycles. The number of carbonyl (C=O) groups is 1.